The predicted octanol–water partition coefficient (Wildman–Crippen LogP) is 4.13. The number of hydrogen-bond donors (Lipinski definition) is 1. The third-order valence-electron chi connectivity index (χ3n) is 4.27. The van der Waals surface area contributed by atoms with Crippen molar-refractivity contribution < 1.29 is 19.2 Å². The Labute approximate surface area is 151 Å². The molecule has 0 bridgehead atoms. The largest absolute Gasteiger partial charge is 0.493 e. The highest BCUT2D eigenvalue weighted by Crippen LogP contribution is 2.42. The van der Waals surface area contributed by atoms with Gasteiger partial charge in [-0.15, -0.1) is 0 Å². The van der Waals surface area contributed by atoms with E-state index in [1.165, 1.54) is 13.2 Å². The van der Waals surface area contributed by atoms with Crippen LogP contribution < -0.4 is 14.8 Å². The molecule has 1 aliphatic rings. The first-order chi connectivity index (χ1) is 12.5. The molecule has 0 radical (unpaired) electrons. The van der Waals surface area contributed by atoms with Crippen LogP contribution in [0.3, 0.4) is 0 Å². The molecule has 1 unspecified atom stereocenters. The molecule has 26 heavy (non-hydrogen) atoms. The van der Waals surface area contributed by atoms with E-state index in [9.17, 15) is 14.9 Å². The number of rotatable bonds is 6. The summed E-state index contributed by atoms with van der Waals surface area (Å²) in [5.41, 5.74) is 1.80. The van der Waals surface area contributed by atoms with E-state index in [1.807, 2.05) is 25.1 Å². The van der Waals surface area contributed by atoms with Crippen LogP contribution in [0, 0.1) is 10.1 Å². The summed E-state index contributed by atoms with van der Waals surface area (Å²) in [4.78, 5) is 23.5. The molecular weight excluding hydrogens is 336 g/mol. The summed E-state index contributed by atoms with van der Waals surface area (Å²) in [6.45, 7) is 2.27. The molecule has 2 aromatic rings. The van der Waals surface area contributed by atoms with Crippen molar-refractivity contribution in [2.24, 2.45) is 0 Å². The van der Waals surface area contributed by atoms with Crippen LogP contribution in [-0.4, -0.2) is 24.4 Å². The first-order valence-electron chi connectivity index (χ1n) is 8.43. The van der Waals surface area contributed by atoms with E-state index in [1.54, 1.807) is 12.1 Å². The van der Waals surface area contributed by atoms with Gasteiger partial charge in [-0.2, -0.15) is 0 Å². The number of nitrogens with one attached hydrogen (secondary N) is 1. The van der Waals surface area contributed by atoms with Gasteiger partial charge in [-0.05, 0) is 30.2 Å². The molecule has 0 saturated heterocycles. The highest BCUT2D eigenvalue weighted by atomic mass is 16.6. The van der Waals surface area contributed by atoms with Crippen LogP contribution in [0.4, 0.5) is 11.4 Å². The summed E-state index contributed by atoms with van der Waals surface area (Å²) in [7, 11) is 1.44. The minimum atomic E-state index is -0.490. The average Bonchev–Trinajstić information content (AvgIpc) is 2.65. The highest BCUT2D eigenvalue weighted by molar-refractivity contribution is 6.03. The Morgan fingerprint density at radius 2 is 2.08 bits per heavy atom. The number of Topliss-reactive ketones (excluding diaryl/α,β-unsaturated/α-hetero) is 1. The molecular formula is C19H20N2O5. The van der Waals surface area contributed by atoms with E-state index in [4.69, 9.17) is 9.47 Å². The third kappa shape index (κ3) is 3.33. The number of anilines is 1. The highest BCUT2D eigenvalue weighted by Gasteiger charge is 2.29. The molecule has 0 amide bonds. The molecule has 7 nitrogen and oxygen atoms in total. The van der Waals surface area contributed by atoms with Crippen LogP contribution in [-0.2, 0) is 0 Å². The van der Waals surface area contributed by atoms with Gasteiger partial charge in [0.1, 0.15) is 0 Å². The van der Waals surface area contributed by atoms with E-state index in [0.717, 1.165) is 12.1 Å². The number of carbonyl (C=O) groups is 1. The zero-order chi connectivity index (χ0) is 18.7. The Kier molecular flexibility index (Phi) is 5.06. The molecule has 1 N–H and O–H groups in total. The molecule has 0 saturated carbocycles. The monoisotopic (exact) mass is 356 g/mol. The summed E-state index contributed by atoms with van der Waals surface area (Å²) in [5.74, 6) is 0.402. The summed E-state index contributed by atoms with van der Waals surface area (Å²) in [5, 5.41) is 14.8. The fraction of sp³-hybridized carbons (Fsp3) is 0.316. The van der Waals surface area contributed by atoms with E-state index in [0.29, 0.717) is 17.7 Å². The first-order valence-corrected chi connectivity index (χ1v) is 8.43. The van der Waals surface area contributed by atoms with E-state index in [2.05, 4.69) is 5.32 Å². The van der Waals surface area contributed by atoms with Crippen molar-refractivity contribution in [1.82, 2.24) is 0 Å². The van der Waals surface area contributed by atoms with Crippen molar-refractivity contribution in [3.8, 4) is 11.5 Å². The van der Waals surface area contributed by atoms with Gasteiger partial charge in [0.05, 0.1) is 24.7 Å². The lowest BCUT2D eigenvalue weighted by molar-refractivity contribution is -0.386. The number of nitro groups is 1. The quantitative estimate of drug-likeness (QED) is 0.618. The number of benzene rings is 2. The lowest BCUT2D eigenvalue weighted by atomic mass is 9.92. The average molecular weight is 356 g/mol. The lowest BCUT2D eigenvalue weighted by Gasteiger charge is -2.27. The van der Waals surface area contributed by atoms with Gasteiger partial charge in [0.25, 0.3) is 0 Å². The fourth-order valence-corrected chi connectivity index (χ4v) is 3.03. The molecule has 0 aromatic heterocycles. The minimum absolute atomic E-state index is 0.00252. The Balaban J connectivity index is 2.02. The van der Waals surface area contributed by atoms with Gasteiger partial charge in [-0.3, -0.25) is 14.9 Å². The Morgan fingerprint density at radius 1 is 1.31 bits per heavy atom. The van der Waals surface area contributed by atoms with Crippen molar-refractivity contribution in [2.75, 3.05) is 19.0 Å². The normalized spacial score (nSPS) is 15.8. The zero-order valence-corrected chi connectivity index (χ0v) is 14.7. The van der Waals surface area contributed by atoms with Gasteiger partial charge in [-0.1, -0.05) is 19.1 Å². The number of fused-ring (bicyclic) bond motifs is 1. The second kappa shape index (κ2) is 7.43. The van der Waals surface area contributed by atoms with Gasteiger partial charge in [-0.25, -0.2) is 0 Å². The molecule has 0 aliphatic carbocycles. The van der Waals surface area contributed by atoms with E-state index in [-0.39, 0.29) is 35.4 Å². The van der Waals surface area contributed by atoms with E-state index >= 15 is 0 Å². The molecule has 1 aliphatic heterocycles. The van der Waals surface area contributed by atoms with Gasteiger partial charge in [0, 0.05) is 23.7 Å². The second-order valence-corrected chi connectivity index (χ2v) is 6.05. The number of hydrogen-bond acceptors (Lipinski definition) is 6. The molecule has 2 aromatic carbocycles. The van der Waals surface area contributed by atoms with Crippen molar-refractivity contribution in [3.63, 3.8) is 0 Å². The maximum Gasteiger partial charge on any atom is 0.315 e. The van der Waals surface area contributed by atoms with Crippen LogP contribution >= 0.6 is 0 Å². The maximum atomic E-state index is 12.4. The van der Waals surface area contributed by atoms with Crippen molar-refractivity contribution in [3.05, 3.63) is 57.6 Å². The molecule has 3 rings (SSSR count). The van der Waals surface area contributed by atoms with Gasteiger partial charge < -0.3 is 14.8 Å². The topological polar surface area (TPSA) is 90.7 Å². The Bertz CT molecular complexity index is 850. The number of nitro benzene ring substituents is 1. The summed E-state index contributed by atoms with van der Waals surface area (Å²) < 4.78 is 10.9. The number of ether oxygens (including phenoxy) is 2. The standard InChI is InChI=1S/C19H20N2O5/c1-3-8-26-19-16(21(23)24)9-12(10-18(19)25-2)15-11-17(22)13-6-4-5-7-14(13)20-15/h4-7,9-10,15,20H,3,8,11H2,1-2H3. The molecule has 7 heteroatoms. The Morgan fingerprint density at radius 3 is 2.77 bits per heavy atom. The number of nitrogens with zero attached hydrogens (tertiary/aromatic N) is 1. The molecule has 1 heterocycles. The van der Waals surface area contributed by atoms with Crippen molar-refractivity contribution in [1.29, 1.82) is 0 Å². The zero-order valence-electron chi connectivity index (χ0n) is 14.7. The molecule has 0 fully saturated rings. The maximum absolute atomic E-state index is 12.4. The first kappa shape index (κ1) is 17.7. The molecule has 0 spiro atoms. The summed E-state index contributed by atoms with van der Waals surface area (Å²) in [6, 6.07) is 10.0. The smallest absolute Gasteiger partial charge is 0.315 e. The van der Waals surface area contributed by atoms with Gasteiger partial charge in [0.2, 0.25) is 5.75 Å². The molecule has 1 atom stereocenters. The summed E-state index contributed by atoms with van der Waals surface area (Å²) >= 11 is 0. The minimum Gasteiger partial charge on any atom is -0.493 e. The fourth-order valence-electron chi connectivity index (χ4n) is 3.03. The summed E-state index contributed by atoms with van der Waals surface area (Å²) in [6.07, 6.45) is 0.935. The number of carbonyl (C=O) groups excluding carboxylic acids is 1. The van der Waals surface area contributed by atoms with Gasteiger partial charge in [0.15, 0.2) is 11.5 Å². The number of ketones is 1. The van der Waals surface area contributed by atoms with Crippen LogP contribution in [0.15, 0.2) is 36.4 Å². The van der Waals surface area contributed by atoms with E-state index < -0.39 is 4.92 Å². The number of methoxy groups -OCH3 is 1. The van der Waals surface area contributed by atoms with Crippen molar-refractivity contribution in [2.45, 2.75) is 25.8 Å². The van der Waals surface area contributed by atoms with Gasteiger partial charge >= 0.3 is 5.69 Å². The lowest BCUT2D eigenvalue weighted by Crippen LogP contribution is -2.23. The molecule has 136 valence electrons. The SMILES string of the molecule is CCCOc1c(OC)cc(C2CC(=O)c3ccccc3N2)cc1[N+](=O)[O-]. The predicted molar refractivity (Wildman–Crippen MR) is 97.2 cm³/mol. The number of para-hydroxylation sites is 1. The van der Waals surface area contributed by atoms with Crippen LogP contribution in [0.5, 0.6) is 11.5 Å². The van der Waals surface area contributed by atoms with Crippen molar-refractivity contribution >= 4 is 17.2 Å². The van der Waals surface area contributed by atoms with Crippen LogP contribution in [0.25, 0.3) is 0 Å². The van der Waals surface area contributed by atoms with Crippen LogP contribution in [0.2, 0.25) is 0 Å². The Hall–Kier alpha value is -3.09. The van der Waals surface area contributed by atoms with Crippen LogP contribution in [0.1, 0.15) is 41.7 Å². The second-order valence-electron chi connectivity index (χ2n) is 6.05. The third-order valence-corrected chi connectivity index (χ3v) is 4.27.